The zero-order valence-corrected chi connectivity index (χ0v) is 8.20. The van der Waals surface area contributed by atoms with Gasteiger partial charge >= 0.3 is 0 Å². The third kappa shape index (κ3) is 2.14. The third-order valence-electron chi connectivity index (χ3n) is 1.77. The number of benzene rings is 1. The Kier molecular flexibility index (Phi) is 3.57. The molecule has 3 N–H and O–H groups in total. The lowest BCUT2D eigenvalue weighted by Crippen LogP contribution is -2.05. The summed E-state index contributed by atoms with van der Waals surface area (Å²) in [7, 11) is 0. The van der Waals surface area contributed by atoms with Crippen molar-refractivity contribution in [3.8, 4) is 5.75 Å². The van der Waals surface area contributed by atoms with Crippen LogP contribution in [0.3, 0.4) is 0 Å². The van der Waals surface area contributed by atoms with Gasteiger partial charge < -0.3 is 10.8 Å². The van der Waals surface area contributed by atoms with E-state index in [1.807, 2.05) is 0 Å². The number of phenols is 1. The van der Waals surface area contributed by atoms with Gasteiger partial charge in [0.25, 0.3) is 0 Å². The fraction of sp³-hybridized carbons (Fsp3) is 0.333. The summed E-state index contributed by atoms with van der Waals surface area (Å²) < 4.78 is 13.5. The van der Waals surface area contributed by atoms with Gasteiger partial charge in [0.05, 0.1) is 4.90 Å². The Bertz CT molecular complexity index is 304. The average Bonchev–Trinajstić information content (AvgIpc) is 2.11. The summed E-state index contributed by atoms with van der Waals surface area (Å²) in [5.41, 5.74) is 5.88. The summed E-state index contributed by atoms with van der Waals surface area (Å²) in [6.45, 7) is 0.412. The molecule has 0 unspecified atom stereocenters. The highest BCUT2D eigenvalue weighted by Gasteiger charge is 2.10. The van der Waals surface area contributed by atoms with Crippen molar-refractivity contribution in [2.75, 3.05) is 12.8 Å². The van der Waals surface area contributed by atoms with E-state index in [2.05, 4.69) is 0 Å². The molecule has 0 atom stereocenters. The summed E-state index contributed by atoms with van der Waals surface area (Å²) in [4.78, 5) is 0.297. The van der Waals surface area contributed by atoms with Crippen molar-refractivity contribution in [3.63, 3.8) is 0 Å². The van der Waals surface area contributed by atoms with Gasteiger partial charge in [0.1, 0.15) is 11.6 Å². The summed E-state index contributed by atoms with van der Waals surface area (Å²) in [6.07, 6.45) is 2.23. The second-order valence-corrected chi connectivity index (χ2v) is 3.45. The largest absolute Gasteiger partial charge is 0.507 e. The average molecular weight is 201 g/mol. The van der Waals surface area contributed by atoms with Crippen molar-refractivity contribution in [2.45, 2.75) is 11.3 Å². The fourth-order valence-electron chi connectivity index (χ4n) is 1.13. The van der Waals surface area contributed by atoms with Crippen LogP contribution in [0.4, 0.5) is 4.39 Å². The molecule has 2 nitrogen and oxygen atoms in total. The summed E-state index contributed by atoms with van der Waals surface area (Å²) >= 11 is 1.20. The molecule has 0 saturated heterocycles. The number of thioether (sulfide) groups is 1. The maximum atomic E-state index is 13.5. The Morgan fingerprint density at radius 2 is 2.23 bits per heavy atom. The highest BCUT2D eigenvalue weighted by Crippen LogP contribution is 2.31. The van der Waals surface area contributed by atoms with Gasteiger partial charge in [-0.25, -0.2) is 4.39 Å². The van der Waals surface area contributed by atoms with Crippen LogP contribution >= 0.6 is 11.8 Å². The molecule has 0 heterocycles. The number of rotatable bonds is 3. The smallest absolute Gasteiger partial charge is 0.143 e. The normalized spacial score (nSPS) is 10.4. The Hall–Kier alpha value is -0.740. The number of aromatic hydroxyl groups is 1. The van der Waals surface area contributed by atoms with Crippen LogP contribution in [0.5, 0.6) is 5.75 Å². The van der Waals surface area contributed by atoms with E-state index < -0.39 is 0 Å². The van der Waals surface area contributed by atoms with E-state index in [1.165, 1.54) is 17.8 Å². The van der Waals surface area contributed by atoms with Gasteiger partial charge in [-0.05, 0) is 30.9 Å². The maximum Gasteiger partial charge on any atom is 0.143 e. The van der Waals surface area contributed by atoms with Crippen LogP contribution in [0, 0.1) is 5.82 Å². The first-order chi connectivity index (χ1) is 6.20. The maximum absolute atomic E-state index is 13.5. The highest BCUT2D eigenvalue weighted by atomic mass is 32.2. The Morgan fingerprint density at radius 1 is 1.54 bits per heavy atom. The molecule has 1 aromatic carbocycles. The molecule has 72 valence electrons. The molecule has 0 spiro atoms. The topological polar surface area (TPSA) is 46.2 Å². The SMILES string of the molecule is CSc1c(O)ccc(CCN)c1F. The molecule has 0 aliphatic carbocycles. The van der Waals surface area contributed by atoms with Crippen LogP contribution in [-0.4, -0.2) is 17.9 Å². The van der Waals surface area contributed by atoms with Gasteiger partial charge in [-0.2, -0.15) is 0 Å². The van der Waals surface area contributed by atoms with Gasteiger partial charge in [0, 0.05) is 0 Å². The quantitative estimate of drug-likeness (QED) is 0.732. The zero-order valence-electron chi connectivity index (χ0n) is 7.38. The number of nitrogens with two attached hydrogens (primary N) is 1. The van der Waals surface area contributed by atoms with Gasteiger partial charge in [0.15, 0.2) is 0 Å². The van der Waals surface area contributed by atoms with E-state index in [1.54, 1.807) is 12.3 Å². The van der Waals surface area contributed by atoms with Crippen molar-refractivity contribution in [1.82, 2.24) is 0 Å². The Labute approximate surface area is 80.9 Å². The lowest BCUT2D eigenvalue weighted by atomic mass is 10.1. The molecule has 0 aliphatic rings. The minimum atomic E-state index is -0.349. The predicted molar refractivity (Wildman–Crippen MR) is 52.6 cm³/mol. The van der Waals surface area contributed by atoms with Gasteiger partial charge in [-0.3, -0.25) is 0 Å². The summed E-state index contributed by atoms with van der Waals surface area (Å²) in [6, 6.07) is 3.07. The monoisotopic (exact) mass is 201 g/mol. The number of phenolic OH excluding ortho intramolecular Hbond substituents is 1. The standard InChI is InChI=1S/C9H12FNOS/c1-13-9-7(12)3-2-6(4-5-11)8(9)10/h2-3,12H,4-5,11H2,1H3. The predicted octanol–water partition coefficient (Wildman–Crippen LogP) is 1.75. The molecule has 4 heteroatoms. The molecule has 0 fully saturated rings. The van der Waals surface area contributed by atoms with Crippen LogP contribution in [0.15, 0.2) is 17.0 Å². The van der Waals surface area contributed by atoms with Crippen LogP contribution in [0.1, 0.15) is 5.56 Å². The van der Waals surface area contributed by atoms with E-state index in [0.29, 0.717) is 23.4 Å². The van der Waals surface area contributed by atoms with Crippen molar-refractivity contribution in [3.05, 3.63) is 23.5 Å². The van der Waals surface area contributed by atoms with Crippen molar-refractivity contribution in [2.24, 2.45) is 5.73 Å². The van der Waals surface area contributed by atoms with E-state index in [4.69, 9.17) is 5.73 Å². The molecule has 0 radical (unpaired) electrons. The molecule has 0 amide bonds. The Balaban J connectivity index is 3.11. The summed E-state index contributed by atoms with van der Waals surface area (Å²) in [5, 5.41) is 9.29. The van der Waals surface area contributed by atoms with E-state index >= 15 is 0 Å². The van der Waals surface area contributed by atoms with Crippen molar-refractivity contribution >= 4 is 11.8 Å². The van der Waals surface area contributed by atoms with Crippen LogP contribution in [-0.2, 0) is 6.42 Å². The molecule has 0 aromatic heterocycles. The first-order valence-corrected chi connectivity index (χ1v) is 5.17. The second-order valence-electron chi connectivity index (χ2n) is 2.63. The highest BCUT2D eigenvalue weighted by molar-refractivity contribution is 7.98. The Morgan fingerprint density at radius 3 is 2.77 bits per heavy atom. The van der Waals surface area contributed by atoms with Gasteiger partial charge in [-0.15, -0.1) is 11.8 Å². The van der Waals surface area contributed by atoms with Crippen molar-refractivity contribution in [1.29, 1.82) is 0 Å². The zero-order chi connectivity index (χ0) is 9.84. The number of hydrogen-bond donors (Lipinski definition) is 2. The molecular formula is C9H12FNOS. The molecule has 1 rings (SSSR count). The fourth-order valence-corrected chi connectivity index (χ4v) is 1.72. The molecule has 0 saturated carbocycles. The van der Waals surface area contributed by atoms with Crippen molar-refractivity contribution < 1.29 is 9.50 Å². The minimum Gasteiger partial charge on any atom is -0.507 e. The van der Waals surface area contributed by atoms with E-state index in [-0.39, 0.29) is 11.6 Å². The molecule has 0 aliphatic heterocycles. The van der Waals surface area contributed by atoms with E-state index in [9.17, 15) is 9.50 Å². The van der Waals surface area contributed by atoms with Gasteiger partial charge in [-0.1, -0.05) is 6.07 Å². The molecule has 0 bridgehead atoms. The molecule has 13 heavy (non-hydrogen) atoms. The number of halogens is 1. The molecule has 1 aromatic rings. The van der Waals surface area contributed by atoms with Crippen LogP contribution in [0.25, 0.3) is 0 Å². The van der Waals surface area contributed by atoms with Crippen LogP contribution in [0.2, 0.25) is 0 Å². The first kappa shape index (κ1) is 10.3. The van der Waals surface area contributed by atoms with E-state index in [0.717, 1.165) is 0 Å². The lowest BCUT2D eigenvalue weighted by molar-refractivity contribution is 0.447. The minimum absolute atomic E-state index is 0.00854. The lowest BCUT2D eigenvalue weighted by Gasteiger charge is -2.07. The summed E-state index contributed by atoms with van der Waals surface area (Å²) in [5.74, 6) is -0.358. The van der Waals surface area contributed by atoms with Gasteiger partial charge in [0.2, 0.25) is 0 Å². The third-order valence-corrected chi connectivity index (χ3v) is 2.57. The first-order valence-electron chi connectivity index (χ1n) is 3.95. The second kappa shape index (κ2) is 4.48. The molecular weight excluding hydrogens is 189 g/mol. The number of hydrogen-bond acceptors (Lipinski definition) is 3. The van der Waals surface area contributed by atoms with Crippen LogP contribution < -0.4 is 5.73 Å².